The largest absolute Gasteiger partial charge is 0.496 e. The van der Waals surface area contributed by atoms with Gasteiger partial charge in [0.2, 0.25) is 0 Å². The van der Waals surface area contributed by atoms with Crippen molar-refractivity contribution < 1.29 is 22.6 Å². The van der Waals surface area contributed by atoms with Gasteiger partial charge >= 0.3 is 0 Å². The maximum absolute atomic E-state index is 13.6. The minimum absolute atomic E-state index is 0. The molecular weight excluding hydrogens is 406 g/mol. The standard InChI is InChI=1S/C18H23N3O5S.ClH/c1-24-14-9-16(25-2)18(17(10-14)26-3)27(22,23)21-8-7-20-12-15(21)13-5-4-6-19-11-13;/h4-6,9-11,15,20H,7-8,12H2,1-3H3;1H. The average molecular weight is 430 g/mol. The number of ether oxygens (including phenoxy) is 3. The number of nitrogens with one attached hydrogen (secondary N) is 1. The first-order valence-electron chi connectivity index (χ1n) is 8.45. The molecule has 0 amide bonds. The summed E-state index contributed by atoms with van der Waals surface area (Å²) in [4.78, 5) is 4.11. The van der Waals surface area contributed by atoms with Gasteiger partial charge in [-0.05, 0) is 11.6 Å². The van der Waals surface area contributed by atoms with E-state index in [1.54, 1.807) is 18.5 Å². The number of methoxy groups -OCH3 is 3. The van der Waals surface area contributed by atoms with Gasteiger partial charge in [-0.3, -0.25) is 4.98 Å². The lowest BCUT2D eigenvalue weighted by Gasteiger charge is -2.35. The molecule has 0 aliphatic carbocycles. The van der Waals surface area contributed by atoms with Gasteiger partial charge in [-0.25, -0.2) is 8.42 Å². The molecule has 8 nitrogen and oxygen atoms in total. The Bertz CT molecular complexity index is 870. The van der Waals surface area contributed by atoms with Crippen molar-refractivity contribution in [3.8, 4) is 17.2 Å². The van der Waals surface area contributed by atoms with Crippen molar-refractivity contribution >= 4 is 22.4 Å². The van der Waals surface area contributed by atoms with Gasteiger partial charge in [0.1, 0.15) is 17.2 Å². The maximum Gasteiger partial charge on any atom is 0.251 e. The van der Waals surface area contributed by atoms with E-state index in [2.05, 4.69) is 10.3 Å². The first-order chi connectivity index (χ1) is 13.0. The van der Waals surface area contributed by atoms with Crippen molar-refractivity contribution in [2.45, 2.75) is 10.9 Å². The van der Waals surface area contributed by atoms with Crippen LogP contribution in [-0.2, 0) is 10.0 Å². The van der Waals surface area contributed by atoms with Crippen molar-refractivity contribution in [1.29, 1.82) is 0 Å². The topological polar surface area (TPSA) is 90.0 Å². The molecule has 0 bridgehead atoms. The number of nitrogens with zero attached hydrogens (tertiary/aromatic N) is 2. The summed E-state index contributed by atoms with van der Waals surface area (Å²) in [5.41, 5.74) is 0.819. The van der Waals surface area contributed by atoms with Crippen molar-refractivity contribution in [2.75, 3.05) is 41.0 Å². The van der Waals surface area contributed by atoms with Gasteiger partial charge in [-0.2, -0.15) is 4.31 Å². The van der Waals surface area contributed by atoms with Gasteiger partial charge in [0, 0.05) is 44.2 Å². The third kappa shape index (κ3) is 4.17. The van der Waals surface area contributed by atoms with E-state index in [9.17, 15) is 8.42 Å². The van der Waals surface area contributed by atoms with Crippen LogP contribution in [-0.4, -0.2) is 58.7 Å². The van der Waals surface area contributed by atoms with Crippen LogP contribution in [0.2, 0.25) is 0 Å². The molecule has 1 aliphatic rings. The number of halogens is 1. The second-order valence-electron chi connectivity index (χ2n) is 5.98. The molecule has 1 unspecified atom stereocenters. The van der Waals surface area contributed by atoms with E-state index >= 15 is 0 Å². The number of hydrogen-bond donors (Lipinski definition) is 1. The van der Waals surface area contributed by atoms with Crippen molar-refractivity contribution in [3.63, 3.8) is 0 Å². The molecule has 1 saturated heterocycles. The zero-order chi connectivity index (χ0) is 19.4. The van der Waals surface area contributed by atoms with E-state index in [1.807, 2.05) is 6.07 Å². The number of aromatic nitrogens is 1. The van der Waals surface area contributed by atoms with Crippen LogP contribution in [0.3, 0.4) is 0 Å². The Morgan fingerprint density at radius 2 is 1.82 bits per heavy atom. The number of pyridine rings is 1. The fraction of sp³-hybridized carbons (Fsp3) is 0.389. The summed E-state index contributed by atoms with van der Waals surface area (Å²) in [6.07, 6.45) is 3.34. The third-order valence-electron chi connectivity index (χ3n) is 4.50. The van der Waals surface area contributed by atoms with Crippen LogP contribution in [0.25, 0.3) is 0 Å². The summed E-state index contributed by atoms with van der Waals surface area (Å²) in [5.74, 6) is 0.802. The van der Waals surface area contributed by atoms with Gasteiger partial charge in [-0.1, -0.05) is 6.07 Å². The molecule has 154 valence electrons. The molecule has 2 heterocycles. The summed E-state index contributed by atoms with van der Waals surface area (Å²) in [6.45, 7) is 1.36. The zero-order valence-corrected chi connectivity index (χ0v) is 17.5. The lowest BCUT2D eigenvalue weighted by Crippen LogP contribution is -2.48. The molecule has 28 heavy (non-hydrogen) atoms. The van der Waals surface area contributed by atoms with Gasteiger partial charge < -0.3 is 19.5 Å². The Labute approximate surface area is 171 Å². The number of rotatable bonds is 6. The van der Waals surface area contributed by atoms with Crippen LogP contribution < -0.4 is 19.5 Å². The number of hydrogen-bond acceptors (Lipinski definition) is 7. The summed E-state index contributed by atoms with van der Waals surface area (Å²) in [7, 11) is 0.428. The fourth-order valence-corrected chi connectivity index (χ4v) is 5.07. The summed E-state index contributed by atoms with van der Waals surface area (Å²) >= 11 is 0. The normalized spacial score (nSPS) is 17.5. The lowest BCUT2D eigenvalue weighted by molar-refractivity contribution is 0.268. The molecule has 1 aromatic heterocycles. The number of sulfonamides is 1. The first kappa shape index (κ1) is 22.2. The minimum atomic E-state index is -3.91. The van der Waals surface area contributed by atoms with Crippen LogP contribution >= 0.6 is 12.4 Å². The molecule has 0 saturated carbocycles. The molecule has 1 aromatic carbocycles. The second-order valence-corrected chi connectivity index (χ2v) is 7.81. The van der Waals surface area contributed by atoms with Gasteiger partial charge in [0.25, 0.3) is 10.0 Å². The van der Waals surface area contributed by atoms with Crippen molar-refractivity contribution in [2.24, 2.45) is 0 Å². The van der Waals surface area contributed by atoms with Crippen molar-refractivity contribution in [3.05, 3.63) is 42.2 Å². The highest BCUT2D eigenvalue weighted by atomic mass is 35.5. The maximum atomic E-state index is 13.6. The van der Waals surface area contributed by atoms with E-state index < -0.39 is 10.0 Å². The number of piperazine rings is 1. The second kappa shape index (κ2) is 9.42. The Hall–Kier alpha value is -2.07. The van der Waals surface area contributed by atoms with Crippen LogP contribution in [0.4, 0.5) is 0 Å². The van der Waals surface area contributed by atoms with E-state index in [4.69, 9.17) is 14.2 Å². The van der Waals surface area contributed by atoms with Gasteiger partial charge in [-0.15, -0.1) is 12.4 Å². The monoisotopic (exact) mass is 429 g/mol. The Balaban J connectivity index is 0.00000280. The van der Waals surface area contributed by atoms with Gasteiger partial charge in [0.05, 0.1) is 27.4 Å². The molecule has 1 aliphatic heterocycles. The van der Waals surface area contributed by atoms with Crippen LogP contribution in [0.15, 0.2) is 41.6 Å². The van der Waals surface area contributed by atoms with Crippen molar-refractivity contribution in [1.82, 2.24) is 14.6 Å². The van der Waals surface area contributed by atoms with Gasteiger partial charge in [0.15, 0.2) is 4.90 Å². The first-order valence-corrected chi connectivity index (χ1v) is 9.89. The Morgan fingerprint density at radius 3 is 2.36 bits per heavy atom. The molecule has 1 fully saturated rings. The van der Waals surface area contributed by atoms with Crippen LogP contribution in [0, 0.1) is 0 Å². The fourth-order valence-electron chi connectivity index (χ4n) is 3.18. The SMILES string of the molecule is COc1cc(OC)c(S(=O)(=O)N2CCNCC2c2cccnc2)c(OC)c1.Cl. The molecule has 10 heteroatoms. The highest BCUT2D eigenvalue weighted by Crippen LogP contribution is 2.41. The lowest BCUT2D eigenvalue weighted by atomic mass is 10.1. The smallest absolute Gasteiger partial charge is 0.251 e. The zero-order valence-electron chi connectivity index (χ0n) is 15.9. The van der Waals surface area contributed by atoms with Crippen LogP contribution in [0.1, 0.15) is 11.6 Å². The van der Waals surface area contributed by atoms with E-state index in [0.717, 1.165) is 5.56 Å². The molecule has 2 aromatic rings. The van der Waals surface area contributed by atoms with Crippen LogP contribution in [0.5, 0.6) is 17.2 Å². The van der Waals surface area contributed by atoms with E-state index in [0.29, 0.717) is 25.4 Å². The minimum Gasteiger partial charge on any atom is -0.496 e. The Kier molecular flexibility index (Phi) is 7.48. The number of benzene rings is 1. The average Bonchev–Trinajstić information content (AvgIpc) is 2.73. The molecule has 0 spiro atoms. The molecule has 0 radical (unpaired) electrons. The van der Waals surface area contributed by atoms with E-state index in [1.165, 1.54) is 37.8 Å². The molecule has 1 N–H and O–H groups in total. The van der Waals surface area contributed by atoms with E-state index in [-0.39, 0.29) is 34.8 Å². The predicted molar refractivity (Wildman–Crippen MR) is 107 cm³/mol. The summed E-state index contributed by atoms with van der Waals surface area (Å²) in [6, 6.07) is 6.36. The molecule has 3 rings (SSSR count). The predicted octanol–water partition coefficient (Wildman–Crippen LogP) is 1.86. The third-order valence-corrected chi connectivity index (χ3v) is 6.47. The summed E-state index contributed by atoms with van der Waals surface area (Å²) in [5, 5.41) is 3.25. The molecule has 1 atom stereocenters. The quantitative estimate of drug-likeness (QED) is 0.749. The molecular formula is C18H24ClN3O5S. The highest BCUT2D eigenvalue weighted by molar-refractivity contribution is 7.89. The Morgan fingerprint density at radius 1 is 1.14 bits per heavy atom. The highest BCUT2D eigenvalue weighted by Gasteiger charge is 2.38. The summed E-state index contributed by atoms with van der Waals surface area (Å²) < 4.78 is 44.6.